The van der Waals surface area contributed by atoms with Crippen LogP contribution in [0.3, 0.4) is 0 Å². The minimum atomic E-state index is -0.648. The van der Waals surface area contributed by atoms with E-state index in [1.54, 1.807) is 18.0 Å². The van der Waals surface area contributed by atoms with Crippen LogP contribution in [0.5, 0.6) is 0 Å². The number of halogens is 3. The molecule has 0 atom stereocenters. The summed E-state index contributed by atoms with van der Waals surface area (Å²) in [5.74, 6) is -0.648. The fourth-order valence-electron chi connectivity index (χ4n) is 3.48. The summed E-state index contributed by atoms with van der Waals surface area (Å²) in [6, 6.07) is 20.9. The van der Waals surface area contributed by atoms with Crippen molar-refractivity contribution in [3.8, 4) is 11.1 Å². The number of nitrogens with one attached hydrogen (secondary N) is 2. The van der Waals surface area contributed by atoms with Gasteiger partial charge in [0.25, 0.3) is 11.5 Å². The lowest BCUT2D eigenvalue weighted by Crippen LogP contribution is -2.27. The van der Waals surface area contributed by atoms with Crippen LogP contribution in [0.25, 0.3) is 16.8 Å². The molecule has 3 aromatic carbocycles. The number of carbonyl (C=O) groups is 1. The van der Waals surface area contributed by atoms with Crippen LogP contribution in [0, 0.1) is 0 Å². The van der Waals surface area contributed by atoms with Gasteiger partial charge < -0.3 is 5.32 Å². The van der Waals surface area contributed by atoms with E-state index in [0.29, 0.717) is 11.3 Å². The van der Waals surface area contributed by atoms with E-state index in [1.807, 2.05) is 42.5 Å². The number of amides is 1. The predicted octanol–water partition coefficient (Wildman–Crippen LogP) is 7.05. The molecule has 0 saturated carbocycles. The van der Waals surface area contributed by atoms with Gasteiger partial charge in [-0.3, -0.25) is 14.7 Å². The van der Waals surface area contributed by atoms with Crippen molar-refractivity contribution in [3.63, 3.8) is 0 Å². The molecule has 2 N–H and O–H groups in total. The normalized spacial score (nSPS) is 11.1. The lowest BCUT2D eigenvalue weighted by molar-refractivity contribution is 0.102. The van der Waals surface area contributed by atoms with Gasteiger partial charge in [-0.25, -0.2) is 9.50 Å². The Bertz CT molecular complexity index is 1590. The van der Waals surface area contributed by atoms with Gasteiger partial charge in [0.1, 0.15) is 5.56 Å². The van der Waals surface area contributed by atoms with Gasteiger partial charge in [-0.15, -0.1) is 0 Å². The fourth-order valence-corrected chi connectivity index (χ4v) is 4.91. The third-order valence-electron chi connectivity index (χ3n) is 5.17. The summed E-state index contributed by atoms with van der Waals surface area (Å²) in [4.78, 5) is 32.4. The standard InChI is InChI=1S/C25H15Cl3N4O2S/c26-20-10-15(11-21(27)22(20)28)31-24(33)19-12-29-23-18(13-30-32(23)25(19)34)14-6-8-17(9-7-14)35-16-4-2-1-3-5-16/h1-13,30H,(H,31,33). The van der Waals surface area contributed by atoms with E-state index in [4.69, 9.17) is 34.8 Å². The van der Waals surface area contributed by atoms with E-state index in [2.05, 4.69) is 27.5 Å². The van der Waals surface area contributed by atoms with Crippen LogP contribution >= 0.6 is 46.6 Å². The predicted molar refractivity (Wildman–Crippen MR) is 141 cm³/mol. The van der Waals surface area contributed by atoms with Gasteiger partial charge in [-0.05, 0) is 42.0 Å². The second-order valence-corrected chi connectivity index (χ2v) is 9.81. The summed E-state index contributed by atoms with van der Waals surface area (Å²) in [7, 11) is 0. The molecular weight excluding hydrogens is 527 g/mol. The zero-order valence-corrected chi connectivity index (χ0v) is 20.8. The van der Waals surface area contributed by atoms with Crippen molar-refractivity contribution in [1.29, 1.82) is 0 Å². The second-order valence-electron chi connectivity index (χ2n) is 7.47. The summed E-state index contributed by atoms with van der Waals surface area (Å²) in [5.41, 5.74) is 1.65. The molecule has 6 nitrogen and oxygen atoms in total. The quantitative estimate of drug-likeness (QED) is 0.234. The van der Waals surface area contributed by atoms with Gasteiger partial charge in [0.05, 0.1) is 15.1 Å². The van der Waals surface area contributed by atoms with Crippen molar-refractivity contribution < 1.29 is 4.79 Å². The molecule has 0 bridgehead atoms. The summed E-state index contributed by atoms with van der Waals surface area (Å²) in [5, 5.41) is 6.04. The number of H-pyrrole nitrogens is 1. The Balaban J connectivity index is 1.41. The van der Waals surface area contributed by atoms with Crippen molar-refractivity contribution >= 4 is 63.8 Å². The second kappa shape index (κ2) is 9.79. The van der Waals surface area contributed by atoms with Crippen LogP contribution in [0.15, 0.2) is 93.7 Å². The first-order chi connectivity index (χ1) is 16.9. The molecule has 5 rings (SSSR count). The van der Waals surface area contributed by atoms with Gasteiger partial charge in [0.15, 0.2) is 5.65 Å². The first kappa shape index (κ1) is 23.5. The largest absolute Gasteiger partial charge is 0.322 e. The highest BCUT2D eigenvalue weighted by Crippen LogP contribution is 2.33. The molecule has 5 aromatic rings. The zero-order chi connectivity index (χ0) is 24.5. The lowest BCUT2D eigenvalue weighted by Gasteiger charge is -2.08. The fraction of sp³-hybridized carbons (Fsp3) is 0. The molecule has 0 aliphatic heterocycles. The molecule has 0 spiro atoms. The molecule has 0 fully saturated rings. The Labute approximate surface area is 218 Å². The number of anilines is 1. The maximum Gasteiger partial charge on any atom is 0.285 e. The minimum absolute atomic E-state index is 0.146. The summed E-state index contributed by atoms with van der Waals surface area (Å²) in [6.45, 7) is 0. The molecule has 35 heavy (non-hydrogen) atoms. The van der Waals surface area contributed by atoms with Crippen molar-refractivity contribution in [2.75, 3.05) is 5.32 Å². The van der Waals surface area contributed by atoms with Crippen LogP contribution in [0.2, 0.25) is 15.1 Å². The minimum Gasteiger partial charge on any atom is -0.322 e. The molecule has 0 aliphatic carbocycles. The van der Waals surface area contributed by atoms with Crippen LogP contribution in [0.1, 0.15) is 10.4 Å². The van der Waals surface area contributed by atoms with Gasteiger partial charge in [0.2, 0.25) is 0 Å². The molecule has 0 saturated heterocycles. The lowest BCUT2D eigenvalue weighted by atomic mass is 10.1. The third kappa shape index (κ3) is 4.81. The smallest absolute Gasteiger partial charge is 0.285 e. The molecule has 10 heteroatoms. The highest BCUT2D eigenvalue weighted by Gasteiger charge is 2.18. The third-order valence-corrected chi connectivity index (χ3v) is 7.38. The molecule has 1 amide bonds. The van der Waals surface area contributed by atoms with Crippen LogP contribution in [0.4, 0.5) is 5.69 Å². The number of fused-ring (bicyclic) bond motifs is 1. The monoisotopic (exact) mass is 540 g/mol. The van der Waals surface area contributed by atoms with Crippen molar-refractivity contribution in [2.45, 2.75) is 9.79 Å². The number of rotatable bonds is 5. The average Bonchev–Trinajstić information content (AvgIpc) is 3.29. The number of benzene rings is 3. The molecule has 174 valence electrons. The zero-order valence-electron chi connectivity index (χ0n) is 17.8. The van der Waals surface area contributed by atoms with Crippen LogP contribution < -0.4 is 10.9 Å². The maximum absolute atomic E-state index is 13.0. The summed E-state index contributed by atoms with van der Waals surface area (Å²) >= 11 is 19.6. The Kier molecular flexibility index (Phi) is 6.58. The van der Waals surface area contributed by atoms with Crippen LogP contribution in [-0.4, -0.2) is 20.5 Å². The number of nitrogens with zero attached hydrogens (tertiary/aromatic N) is 2. The number of carbonyl (C=O) groups excluding carboxylic acids is 1. The van der Waals surface area contributed by atoms with Gasteiger partial charge >= 0.3 is 0 Å². The van der Waals surface area contributed by atoms with E-state index in [0.717, 1.165) is 20.9 Å². The molecule has 0 unspecified atom stereocenters. The Morgan fingerprint density at radius 3 is 2.29 bits per heavy atom. The highest BCUT2D eigenvalue weighted by molar-refractivity contribution is 7.99. The number of hydrogen-bond acceptors (Lipinski definition) is 4. The van der Waals surface area contributed by atoms with Crippen LogP contribution in [-0.2, 0) is 0 Å². The summed E-state index contributed by atoms with van der Waals surface area (Å²) < 4.78 is 1.23. The molecule has 0 radical (unpaired) electrons. The van der Waals surface area contributed by atoms with E-state index < -0.39 is 11.5 Å². The Hall–Kier alpha value is -3.23. The topological polar surface area (TPSA) is 79.3 Å². The SMILES string of the molecule is O=C(Nc1cc(Cl)c(Cl)c(Cl)c1)c1cnc2c(-c3ccc(Sc4ccccc4)cc3)c[nH]n2c1=O. The Morgan fingerprint density at radius 1 is 0.943 bits per heavy atom. The number of aromatic amines is 1. The van der Waals surface area contributed by atoms with Crippen molar-refractivity contribution in [1.82, 2.24) is 14.6 Å². The molecule has 2 heterocycles. The van der Waals surface area contributed by atoms with Crippen molar-refractivity contribution in [2.24, 2.45) is 0 Å². The van der Waals surface area contributed by atoms with E-state index in [1.165, 1.54) is 22.8 Å². The van der Waals surface area contributed by atoms with E-state index in [-0.39, 0.29) is 20.6 Å². The highest BCUT2D eigenvalue weighted by atomic mass is 35.5. The Morgan fingerprint density at radius 2 is 1.60 bits per heavy atom. The van der Waals surface area contributed by atoms with Gasteiger partial charge in [-0.2, -0.15) is 0 Å². The first-order valence-corrected chi connectivity index (χ1v) is 12.2. The molecule has 0 aliphatic rings. The number of hydrogen-bond donors (Lipinski definition) is 2. The van der Waals surface area contributed by atoms with Crippen molar-refractivity contribution in [3.05, 3.63) is 110 Å². The number of aromatic nitrogens is 3. The van der Waals surface area contributed by atoms with E-state index >= 15 is 0 Å². The van der Waals surface area contributed by atoms with E-state index in [9.17, 15) is 9.59 Å². The summed E-state index contributed by atoms with van der Waals surface area (Å²) in [6.07, 6.45) is 2.94. The average molecular weight is 542 g/mol. The molecule has 2 aromatic heterocycles. The van der Waals surface area contributed by atoms with Gasteiger partial charge in [0, 0.05) is 33.4 Å². The van der Waals surface area contributed by atoms with Gasteiger partial charge in [-0.1, -0.05) is 76.9 Å². The first-order valence-electron chi connectivity index (χ1n) is 10.3. The maximum atomic E-state index is 13.0. The molecular formula is C25H15Cl3N4O2S.